The lowest BCUT2D eigenvalue weighted by Crippen LogP contribution is -2.11. The molecule has 33 heavy (non-hydrogen) atoms. The van der Waals surface area contributed by atoms with Gasteiger partial charge in [-0.25, -0.2) is 0 Å². The van der Waals surface area contributed by atoms with Gasteiger partial charge in [-0.3, -0.25) is 4.98 Å². The molecule has 2 heterocycles. The van der Waals surface area contributed by atoms with Crippen molar-refractivity contribution in [2.75, 3.05) is 0 Å². The van der Waals surface area contributed by atoms with Crippen molar-refractivity contribution in [1.29, 1.82) is 0 Å². The van der Waals surface area contributed by atoms with Crippen LogP contribution in [0.3, 0.4) is 0 Å². The van der Waals surface area contributed by atoms with Crippen molar-refractivity contribution in [2.24, 2.45) is 0 Å². The first kappa shape index (κ1) is 22.9. The van der Waals surface area contributed by atoms with E-state index in [1.807, 2.05) is 13.1 Å². The number of fused-ring (bicyclic) bond motifs is 1. The molecule has 0 aliphatic carbocycles. The van der Waals surface area contributed by atoms with Crippen LogP contribution in [0.5, 0.6) is 11.5 Å². The van der Waals surface area contributed by atoms with E-state index in [9.17, 15) is 0 Å². The summed E-state index contributed by atoms with van der Waals surface area (Å²) in [6, 6.07) is 14.9. The van der Waals surface area contributed by atoms with Gasteiger partial charge in [0, 0.05) is 34.4 Å². The molecule has 172 valence electrons. The molecule has 2 aromatic heterocycles. The molecule has 4 aromatic rings. The summed E-state index contributed by atoms with van der Waals surface area (Å²) in [5.74, 6) is 2.19. The van der Waals surface area contributed by atoms with Gasteiger partial charge in [0.1, 0.15) is 18.1 Å². The highest BCUT2D eigenvalue weighted by atomic mass is 16.5. The van der Waals surface area contributed by atoms with E-state index < -0.39 is 0 Å². The molecule has 1 N–H and O–H groups in total. The Balaban J connectivity index is 1.74. The number of benzene rings is 2. The van der Waals surface area contributed by atoms with E-state index in [-0.39, 0.29) is 6.10 Å². The number of hydrogen-bond acceptors (Lipinski definition) is 3. The molecular formula is C29H34N2O2. The summed E-state index contributed by atoms with van der Waals surface area (Å²) in [5.41, 5.74) is 8.67. The Hall–Kier alpha value is -3.27. The number of pyridine rings is 1. The zero-order chi connectivity index (χ0) is 23.7. The van der Waals surface area contributed by atoms with Gasteiger partial charge in [-0.15, -0.1) is 0 Å². The van der Waals surface area contributed by atoms with Crippen LogP contribution in [-0.4, -0.2) is 16.1 Å². The van der Waals surface area contributed by atoms with Crippen LogP contribution in [0.15, 0.2) is 48.7 Å². The van der Waals surface area contributed by atoms with Crippen molar-refractivity contribution in [3.63, 3.8) is 0 Å². The van der Waals surface area contributed by atoms with Gasteiger partial charge >= 0.3 is 0 Å². The monoisotopic (exact) mass is 442 g/mol. The van der Waals surface area contributed by atoms with E-state index in [0.29, 0.717) is 12.5 Å². The largest absolute Gasteiger partial charge is 0.490 e. The first-order valence-electron chi connectivity index (χ1n) is 11.7. The lowest BCUT2D eigenvalue weighted by Gasteiger charge is -2.20. The zero-order valence-corrected chi connectivity index (χ0v) is 20.7. The molecular weight excluding hydrogens is 408 g/mol. The third-order valence-electron chi connectivity index (χ3n) is 6.10. The Kier molecular flexibility index (Phi) is 6.46. The van der Waals surface area contributed by atoms with Crippen molar-refractivity contribution in [3.8, 4) is 22.8 Å². The first-order valence-corrected chi connectivity index (χ1v) is 11.7. The fourth-order valence-corrected chi connectivity index (χ4v) is 4.20. The van der Waals surface area contributed by atoms with E-state index in [2.05, 4.69) is 89.0 Å². The minimum atomic E-state index is 0.0496. The lowest BCUT2D eigenvalue weighted by atomic mass is 9.99. The standard InChI is InChI=1S/C29H34N2O2/c1-17(2)22-10-8-19(5)27(14-22)32-16-24-21(7)31-26(15-28(24)33-18(3)4)29-20(6)9-11-25-23(29)12-13-30-25/h8-15,17-18,30H,16H2,1-7H3. The van der Waals surface area contributed by atoms with Gasteiger partial charge in [0.25, 0.3) is 0 Å². The van der Waals surface area contributed by atoms with Crippen LogP contribution in [0.1, 0.15) is 61.6 Å². The van der Waals surface area contributed by atoms with Gasteiger partial charge in [0.05, 0.1) is 17.4 Å². The van der Waals surface area contributed by atoms with Crippen LogP contribution in [0.4, 0.5) is 0 Å². The molecule has 0 radical (unpaired) electrons. The SMILES string of the molecule is Cc1ccc(C(C)C)cc1OCc1c(OC(C)C)cc(-c2c(C)ccc3[nH]ccc23)nc1C. The van der Waals surface area contributed by atoms with Gasteiger partial charge in [-0.2, -0.15) is 0 Å². The molecule has 0 aliphatic heterocycles. The fraction of sp³-hybridized carbons (Fsp3) is 0.345. The van der Waals surface area contributed by atoms with Gasteiger partial charge in [0.2, 0.25) is 0 Å². The zero-order valence-electron chi connectivity index (χ0n) is 20.7. The second-order valence-corrected chi connectivity index (χ2v) is 9.40. The van der Waals surface area contributed by atoms with Crippen molar-refractivity contribution in [3.05, 3.63) is 76.6 Å². The third-order valence-corrected chi connectivity index (χ3v) is 6.10. The average Bonchev–Trinajstić information content (AvgIpc) is 3.22. The molecule has 0 unspecified atom stereocenters. The lowest BCUT2D eigenvalue weighted by molar-refractivity contribution is 0.229. The second kappa shape index (κ2) is 9.30. The Morgan fingerprint density at radius 1 is 0.879 bits per heavy atom. The van der Waals surface area contributed by atoms with Crippen LogP contribution in [0, 0.1) is 20.8 Å². The summed E-state index contributed by atoms with van der Waals surface area (Å²) in [5, 5.41) is 1.17. The molecule has 0 aliphatic rings. The maximum Gasteiger partial charge on any atom is 0.130 e. The highest BCUT2D eigenvalue weighted by Gasteiger charge is 2.18. The summed E-state index contributed by atoms with van der Waals surface area (Å²) in [4.78, 5) is 8.32. The molecule has 0 spiro atoms. The second-order valence-electron chi connectivity index (χ2n) is 9.40. The predicted molar refractivity (Wildman–Crippen MR) is 136 cm³/mol. The van der Waals surface area contributed by atoms with Crippen molar-refractivity contribution in [1.82, 2.24) is 9.97 Å². The summed E-state index contributed by atoms with van der Waals surface area (Å²) in [7, 11) is 0. The van der Waals surface area contributed by atoms with Crippen molar-refractivity contribution >= 4 is 10.9 Å². The summed E-state index contributed by atoms with van der Waals surface area (Å²) in [6.45, 7) is 15.2. The molecule has 4 nitrogen and oxygen atoms in total. The topological polar surface area (TPSA) is 47.1 Å². The number of rotatable bonds is 7. The summed E-state index contributed by atoms with van der Waals surface area (Å²) >= 11 is 0. The molecule has 0 bridgehead atoms. The summed E-state index contributed by atoms with van der Waals surface area (Å²) < 4.78 is 12.6. The maximum atomic E-state index is 6.32. The molecule has 0 atom stereocenters. The highest BCUT2D eigenvalue weighted by Crippen LogP contribution is 2.35. The van der Waals surface area contributed by atoms with E-state index in [4.69, 9.17) is 14.5 Å². The molecule has 0 fully saturated rings. The number of nitrogens with zero attached hydrogens (tertiary/aromatic N) is 1. The van der Waals surface area contributed by atoms with Crippen LogP contribution in [-0.2, 0) is 6.61 Å². The molecule has 0 amide bonds. The van der Waals surface area contributed by atoms with Gasteiger partial charge in [-0.05, 0) is 75.4 Å². The molecule has 0 saturated heterocycles. The number of aryl methyl sites for hydroxylation is 3. The van der Waals surface area contributed by atoms with E-state index in [0.717, 1.165) is 45.1 Å². The minimum Gasteiger partial charge on any atom is -0.490 e. The maximum absolute atomic E-state index is 6.32. The Bertz CT molecular complexity index is 1280. The average molecular weight is 443 g/mol. The number of aromatic nitrogens is 2. The smallest absolute Gasteiger partial charge is 0.130 e. The Morgan fingerprint density at radius 2 is 1.64 bits per heavy atom. The van der Waals surface area contributed by atoms with Crippen molar-refractivity contribution in [2.45, 2.75) is 67.1 Å². The van der Waals surface area contributed by atoms with Gasteiger partial charge in [0.15, 0.2) is 0 Å². The number of ether oxygens (including phenoxy) is 2. The van der Waals surface area contributed by atoms with E-state index >= 15 is 0 Å². The normalized spacial score (nSPS) is 11.5. The quantitative estimate of drug-likeness (QED) is 0.320. The van der Waals surface area contributed by atoms with Gasteiger partial charge < -0.3 is 14.5 Å². The van der Waals surface area contributed by atoms with Crippen LogP contribution < -0.4 is 9.47 Å². The van der Waals surface area contributed by atoms with Crippen molar-refractivity contribution < 1.29 is 9.47 Å². The minimum absolute atomic E-state index is 0.0496. The Labute approximate surface area is 197 Å². The van der Waals surface area contributed by atoms with E-state index in [1.165, 1.54) is 16.5 Å². The van der Waals surface area contributed by atoms with E-state index in [1.54, 1.807) is 0 Å². The fourth-order valence-electron chi connectivity index (χ4n) is 4.20. The van der Waals surface area contributed by atoms with Gasteiger partial charge in [-0.1, -0.05) is 32.0 Å². The van der Waals surface area contributed by atoms with Crippen LogP contribution in [0.2, 0.25) is 0 Å². The highest BCUT2D eigenvalue weighted by molar-refractivity contribution is 5.96. The molecule has 4 rings (SSSR count). The van der Waals surface area contributed by atoms with Crippen LogP contribution >= 0.6 is 0 Å². The molecule has 4 heteroatoms. The number of nitrogens with one attached hydrogen (secondary N) is 1. The molecule has 0 saturated carbocycles. The Morgan fingerprint density at radius 3 is 2.36 bits per heavy atom. The predicted octanol–water partition coefficient (Wildman–Crippen LogP) is 7.64. The number of hydrogen-bond donors (Lipinski definition) is 1. The third kappa shape index (κ3) is 4.75. The molecule has 2 aromatic carbocycles. The number of H-pyrrole nitrogens is 1. The first-order chi connectivity index (χ1) is 15.7. The summed E-state index contributed by atoms with van der Waals surface area (Å²) in [6.07, 6.45) is 2.02. The number of aromatic amines is 1. The van der Waals surface area contributed by atoms with Crippen LogP contribution in [0.25, 0.3) is 22.2 Å².